The molecule has 0 fully saturated rings. The summed E-state index contributed by atoms with van der Waals surface area (Å²) >= 11 is 2.87. The van der Waals surface area contributed by atoms with Crippen molar-refractivity contribution in [2.45, 2.75) is 10.1 Å². The van der Waals surface area contributed by atoms with Crippen molar-refractivity contribution >= 4 is 35.1 Å². The van der Waals surface area contributed by atoms with Gasteiger partial charge in [0.1, 0.15) is 5.82 Å². The van der Waals surface area contributed by atoms with Crippen molar-refractivity contribution in [1.29, 1.82) is 0 Å². The van der Waals surface area contributed by atoms with E-state index in [0.717, 1.165) is 16.1 Å². The molecule has 1 amide bonds. The third kappa shape index (κ3) is 5.12. The molecule has 2 aromatic heterocycles. The van der Waals surface area contributed by atoms with Crippen LogP contribution in [0.3, 0.4) is 0 Å². The smallest absolute Gasteiger partial charge is 0.234 e. The highest BCUT2D eigenvalue weighted by atomic mass is 32.2. The number of aromatic nitrogens is 4. The highest BCUT2D eigenvalue weighted by Gasteiger charge is 2.17. The van der Waals surface area contributed by atoms with E-state index < -0.39 is 0 Å². The van der Waals surface area contributed by atoms with Gasteiger partial charge in [-0.15, -0.1) is 22.0 Å². The van der Waals surface area contributed by atoms with Gasteiger partial charge < -0.3 is 5.32 Å². The molecule has 156 valence electrons. The summed E-state index contributed by atoms with van der Waals surface area (Å²) < 4.78 is 15.3. The fourth-order valence-corrected chi connectivity index (χ4v) is 4.11. The Kier molecular flexibility index (Phi) is 6.63. The molecule has 2 aromatic carbocycles. The van der Waals surface area contributed by atoms with Crippen LogP contribution >= 0.6 is 23.5 Å². The SMILES string of the molecule is CSc1cccc(NC(=O)CSc2nnc(-c3ccncc3)n2-c2ccc(F)cc2)c1. The number of nitrogens with zero attached hydrogens (tertiary/aromatic N) is 4. The van der Waals surface area contributed by atoms with Crippen molar-refractivity contribution in [2.75, 3.05) is 17.3 Å². The number of halogens is 1. The van der Waals surface area contributed by atoms with Gasteiger partial charge >= 0.3 is 0 Å². The summed E-state index contributed by atoms with van der Waals surface area (Å²) in [6.45, 7) is 0. The molecule has 0 unspecified atom stereocenters. The van der Waals surface area contributed by atoms with Crippen LogP contribution in [0.15, 0.2) is 83.1 Å². The normalized spacial score (nSPS) is 10.8. The first-order valence-electron chi connectivity index (χ1n) is 9.32. The number of hydrogen-bond donors (Lipinski definition) is 1. The van der Waals surface area contributed by atoms with Crippen molar-refractivity contribution < 1.29 is 9.18 Å². The molecule has 0 saturated carbocycles. The van der Waals surface area contributed by atoms with E-state index in [1.165, 1.54) is 23.9 Å². The van der Waals surface area contributed by atoms with Crippen molar-refractivity contribution in [3.05, 3.63) is 78.9 Å². The van der Waals surface area contributed by atoms with Crippen LogP contribution in [0.4, 0.5) is 10.1 Å². The molecule has 9 heteroatoms. The average Bonchev–Trinajstić information content (AvgIpc) is 3.23. The lowest BCUT2D eigenvalue weighted by Gasteiger charge is -2.10. The van der Waals surface area contributed by atoms with Gasteiger partial charge in [-0.25, -0.2) is 4.39 Å². The lowest BCUT2D eigenvalue weighted by atomic mass is 10.2. The van der Waals surface area contributed by atoms with Gasteiger partial charge in [-0.3, -0.25) is 14.3 Å². The predicted molar refractivity (Wildman–Crippen MR) is 122 cm³/mol. The van der Waals surface area contributed by atoms with E-state index >= 15 is 0 Å². The highest BCUT2D eigenvalue weighted by molar-refractivity contribution is 7.99. The number of anilines is 1. The molecule has 0 aliphatic rings. The third-order valence-electron chi connectivity index (χ3n) is 4.34. The number of nitrogens with one attached hydrogen (secondary N) is 1. The maximum atomic E-state index is 13.5. The van der Waals surface area contributed by atoms with Crippen molar-refractivity contribution in [3.8, 4) is 17.1 Å². The second kappa shape index (κ2) is 9.76. The minimum absolute atomic E-state index is 0.151. The Morgan fingerprint density at radius 2 is 1.84 bits per heavy atom. The zero-order chi connectivity index (χ0) is 21.6. The quantitative estimate of drug-likeness (QED) is 0.402. The molecular formula is C22H18FN5OS2. The monoisotopic (exact) mass is 451 g/mol. The Labute approximate surface area is 187 Å². The maximum absolute atomic E-state index is 13.5. The Hall–Kier alpha value is -3.17. The van der Waals surface area contributed by atoms with Gasteiger partial charge in [0.2, 0.25) is 5.91 Å². The number of rotatable bonds is 7. The second-order valence-electron chi connectivity index (χ2n) is 6.42. The van der Waals surface area contributed by atoms with E-state index in [2.05, 4.69) is 20.5 Å². The van der Waals surface area contributed by atoms with Crippen LogP contribution < -0.4 is 5.32 Å². The highest BCUT2D eigenvalue weighted by Crippen LogP contribution is 2.28. The topological polar surface area (TPSA) is 72.7 Å². The van der Waals surface area contributed by atoms with E-state index in [9.17, 15) is 9.18 Å². The molecule has 6 nitrogen and oxygen atoms in total. The summed E-state index contributed by atoms with van der Waals surface area (Å²) in [6, 6.07) is 17.4. The molecule has 0 radical (unpaired) electrons. The fourth-order valence-electron chi connectivity index (χ4n) is 2.90. The number of pyridine rings is 1. The minimum Gasteiger partial charge on any atom is -0.325 e. The first kappa shape index (κ1) is 21.1. The molecule has 31 heavy (non-hydrogen) atoms. The van der Waals surface area contributed by atoms with Crippen LogP contribution in [0.25, 0.3) is 17.1 Å². The minimum atomic E-state index is -0.330. The number of benzene rings is 2. The lowest BCUT2D eigenvalue weighted by Crippen LogP contribution is -2.14. The Bertz CT molecular complexity index is 1180. The second-order valence-corrected chi connectivity index (χ2v) is 8.24. The van der Waals surface area contributed by atoms with Gasteiger partial charge in [-0.1, -0.05) is 17.8 Å². The molecule has 1 N–H and O–H groups in total. The molecule has 0 saturated heterocycles. The van der Waals surface area contributed by atoms with E-state index in [1.54, 1.807) is 40.9 Å². The first-order chi connectivity index (χ1) is 15.1. The van der Waals surface area contributed by atoms with Crippen LogP contribution in [-0.2, 0) is 4.79 Å². The third-order valence-corrected chi connectivity index (χ3v) is 6.00. The number of carbonyl (C=O) groups excluding carboxylic acids is 1. The van der Waals surface area contributed by atoms with Gasteiger partial charge in [-0.05, 0) is 60.9 Å². The van der Waals surface area contributed by atoms with Gasteiger partial charge in [0.25, 0.3) is 0 Å². The molecule has 0 bridgehead atoms. The zero-order valence-corrected chi connectivity index (χ0v) is 18.2. The standard InChI is InChI=1S/C22H18FN5OS2/c1-30-19-4-2-3-17(13-19)25-20(29)14-31-22-27-26-21(15-9-11-24-12-10-15)28(22)18-7-5-16(23)6-8-18/h2-13H,14H2,1H3,(H,25,29). The van der Waals surface area contributed by atoms with Crippen LogP contribution in [-0.4, -0.2) is 37.7 Å². The van der Waals surface area contributed by atoms with Gasteiger partial charge in [0.05, 0.1) is 5.75 Å². The van der Waals surface area contributed by atoms with Crippen LogP contribution in [0.5, 0.6) is 0 Å². The molecule has 4 rings (SSSR count). The van der Waals surface area contributed by atoms with Gasteiger partial charge in [-0.2, -0.15) is 0 Å². The molecule has 2 heterocycles. The summed E-state index contributed by atoms with van der Waals surface area (Å²) in [5.74, 6) is 0.259. The molecule has 4 aromatic rings. The number of amides is 1. The summed E-state index contributed by atoms with van der Waals surface area (Å²) in [5, 5.41) is 12.0. The van der Waals surface area contributed by atoms with Crippen LogP contribution in [0.1, 0.15) is 0 Å². The van der Waals surface area contributed by atoms with Crippen molar-refractivity contribution in [3.63, 3.8) is 0 Å². The number of hydrogen-bond acceptors (Lipinski definition) is 6. The summed E-state index contributed by atoms with van der Waals surface area (Å²) in [7, 11) is 0. The van der Waals surface area contributed by atoms with E-state index in [1.807, 2.05) is 42.7 Å². The molecule has 0 aliphatic heterocycles. The maximum Gasteiger partial charge on any atom is 0.234 e. The average molecular weight is 452 g/mol. The van der Waals surface area contributed by atoms with E-state index in [-0.39, 0.29) is 17.5 Å². The predicted octanol–water partition coefficient (Wildman–Crippen LogP) is 4.92. The molecule has 0 spiro atoms. The number of thioether (sulfide) groups is 2. The lowest BCUT2D eigenvalue weighted by molar-refractivity contribution is -0.113. The molecule has 0 aliphatic carbocycles. The Morgan fingerprint density at radius 1 is 1.06 bits per heavy atom. The first-order valence-corrected chi connectivity index (χ1v) is 11.5. The summed E-state index contributed by atoms with van der Waals surface area (Å²) in [6.07, 6.45) is 5.32. The van der Waals surface area contributed by atoms with Crippen molar-refractivity contribution in [2.24, 2.45) is 0 Å². The van der Waals surface area contributed by atoms with Crippen molar-refractivity contribution in [1.82, 2.24) is 19.7 Å². The van der Waals surface area contributed by atoms with Crippen LogP contribution in [0.2, 0.25) is 0 Å². The summed E-state index contributed by atoms with van der Waals surface area (Å²) in [5.41, 5.74) is 2.26. The van der Waals surface area contributed by atoms with Crippen LogP contribution in [0, 0.1) is 5.82 Å². The summed E-state index contributed by atoms with van der Waals surface area (Å²) in [4.78, 5) is 17.6. The Morgan fingerprint density at radius 3 is 2.58 bits per heavy atom. The van der Waals surface area contributed by atoms with Gasteiger partial charge in [0, 0.05) is 34.2 Å². The van der Waals surface area contributed by atoms with E-state index in [4.69, 9.17) is 0 Å². The van der Waals surface area contributed by atoms with Gasteiger partial charge in [0.15, 0.2) is 11.0 Å². The number of carbonyl (C=O) groups is 1. The molecule has 0 atom stereocenters. The molecular weight excluding hydrogens is 433 g/mol. The van der Waals surface area contributed by atoms with E-state index in [0.29, 0.717) is 16.7 Å². The fraction of sp³-hybridized carbons (Fsp3) is 0.0909. The Balaban J connectivity index is 1.57. The zero-order valence-electron chi connectivity index (χ0n) is 16.5. The largest absolute Gasteiger partial charge is 0.325 e.